The smallest absolute Gasteiger partial charge is 0.253 e. The van der Waals surface area contributed by atoms with Crippen LogP contribution in [0, 0.1) is 5.82 Å². The molecule has 2 aromatic carbocycles. The average molecular weight is 400 g/mol. The number of benzene rings is 2. The number of carbonyl (C=O) groups is 1. The summed E-state index contributed by atoms with van der Waals surface area (Å²) < 4.78 is 13.8. The number of aliphatic hydroxyl groups excluding tert-OH is 1. The molecule has 6 nitrogen and oxygen atoms in total. The van der Waals surface area contributed by atoms with Crippen molar-refractivity contribution >= 4 is 11.9 Å². The maximum Gasteiger partial charge on any atom is 0.253 e. The predicted octanol–water partition coefficient (Wildman–Crippen LogP) is 2.36. The standard InChI is InChI=1S/C22H29FN4O2/c1-4-24-22(26-15-20(28)18-10-5-6-11-19(18)23)25-13-12-16-8-7-9-17(14-16)21(29)27(2)3/h5-11,14,20,28H,4,12-13,15H2,1-3H3,(H2,24,25,26). The molecule has 1 amide bonds. The van der Waals surface area contributed by atoms with Gasteiger partial charge in [0.15, 0.2) is 5.96 Å². The number of nitrogens with zero attached hydrogens (tertiary/aromatic N) is 2. The number of carbonyl (C=O) groups excluding carboxylic acids is 1. The molecule has 2 aromatic rings. The molecule has 0 aliphatic heterocycles. The molecule has 156 valence electrons. The molecule has 0 saturated carbocycles. The molecule has 1 atom stereocenters. The van der Waals surface area contributed by atoms with Crippen LogP contribution < -0.4 is 10.6 Å². The molecular weight excluding hydrogens is 371 g/mol. The second kappa shape index (κ2) is 11.2. The monoisotopic (exact) mass is 400 g/mol. The van der Waals surface area contributed by atoms with Gasteiger partial charge in [0.2, 0.25) is 0 Å². The molecule has 3 N–H and O–H groups in total. The number of aliphatic imine (C=N–C) groups is 1. The summed E-state index contributed by atoms with van der Waals surface area (Å²) >= 11 is 0. The summed E-state index contributed by atoms with van der Waals surface area (Å²) in [6.45, 7) is 3.25. The number of guanidine groups is 1. The van der Waals surface area contributed by atoms with E-state index in [1.165, 1.54) is 6.07 Å². The summed E-state index contributed by atoms with van der Waals surface area (Å²) in [5, 5.41) is 16.5. The number of nitrogens with one attached hydrogen (secondary N) is 2. The zero-order valence-corrected chi connectivity index (χ0v) is 17.2. The Kier molecular flexibility index (Phi) is 8.61. The van der Waals surface area contributed by atoms with Crippen molar-refractivity contribution in [3.63, 3.8) is 0 Å². The molecule has 0 aliphatic rings. The van der Waals surface area contributed by atoms with E-state index in [9.17, 15) is 14.3 Å². The maximum atomic E-state index is 13.8. The highest BCUT2D eigenvalue weighted by Crippen LogP contribution is 2.16. The Balaban J connectivity index is 1.94. The third kappa shape index (κ3) is 6.87. The van der Waals surface area contributed by atoms with Crippen LogP contribution in [0.4, 0.5) is 4.39 Å². The quantitative estimate of drug-likeness (QED) is 0.470. The van der Waals surface area contributed by atoms with Crippen molar-refractivity contribution in [3.05, 3.63) is 71.0 Å². The van der Waals surface area contributed by atoms with E-state index in [0.29, 0.717) is 31.0 Å². The molecule has 2 rings (SSSR count). The van der Waals surface area contributed by atoms with Crippen LogP contribution in [0.15, 0.2) is 53.5 Å². The Morgan fingerprint density at radius 3 is 2.62 bits per heavy atom. The molecule has 29 heavy (non-hydrogen) atoms. The van der Waals surface area contributed by atoms with Crippen molar-refractivity contribution < 1.29 is 14.3 Å². The Morgan fingerprint density at radius 1 is 1.17 bits per heavy atom. The van der Waals surface area contributed by atoms with Crippen LogP contribution in [0.25, 0.3) is 0 Å². The summed E-state index contributed by atoms with van der Waals surface area (Å²) in [6.07, 6.45) is -0.310. The van der Waals surface area contributed by atoms with Gasteiger partial charge in [0.05, 0.1) is 6.54 Å². The van der Waals surface area contributed by atoms with Crippen LogP contribution in [0.2, 0.25) is 0 Å². The van der Waals surface area contributed by atoms with Crippen LogP contribution in [0.5, 0.6) is 0 Å². The van der Waals surface area contributed by atoms with Gasteiger partial charge < -0.3 is 20.6 Å². The molecule has 0 aliphatic carbocycles. The van der Waals surface area contributed by atoms with E-state index < -0.39 is 11.9 Å². The molecule has 1 unspecified atom stereocenters. The van der Waals surface area contributed by atoms with Crippen LogP contribution in [-0.2, 0) is 6.42 Å². The summed E-state index contributed by atoms with van der Waals surface area (Å²) in [5.74, 6) is 0.0700. The number of hydrogen-bond donors (Lipinski definition) is 3. The van der Waals surface area contributed by atoms with Gasteiger partial charge in [0.25, 0.3) is 5.91 Å². The second-order valence-electron chi connectivity index (χ2n) is 6.83. The van der Waals surface area contributed by atoms with Gasteiger partial charge in [-0.15, -0.1) is 0 Å². The summed E-state index contributed by atoms with van der Waals surface area (Å²) in [5.41, 5.74) is 1.92. The third-order valence-electron chi connectivity index (χ3n) is 4.32. The van der Waals surface area contributed by atoms with Gasteiger partial charge in [0.1, 0.15) is 11.9 Å². The normalized spacial score (nSPS) is 12.4. The number of aliphatic hydroxyl groups is 1. The summed E-state index contributed by atoms with van der Waals surface area (Å²) in [4.78, 5) is 18.0. The van der Waals surface area contributed by atoms with Crippen LogP contribution in [0.3, 0.4) is 0 Å². The lowest BCUT2D eigenvalue weighted by Crippen LogP contribution is -2.38. The van der Waals surface area contributed by atoms with Crippen molar-refractivity contribution in [2.45, 2.75) is 19.4 Å². The molecule has 0 radical (unpaired) electrons. The van der Waals surface area contributed by atoms with Crippen LogP contribution in [-0.4, -0.2) is 55.6 Å². The van der Waals surface area contributed by atoms with E-state index in [1.54, 1.807) is 43.3 Å². The number of amides is 1. The number of rotatable bonds is 8. The topological polar surface area (TPSA) is 77.0 Å². The minimum atomic E-state index is -1.01. The zero-order chi connectivity index (χ0) is 21.2. The van der Waals surface area contributed by atoms with E-state index in [1.807, 2.05) is 25.1 Å². The zero-order valence-electron chi connectivity index (χ0n) is 17.2. The van der Waals surface area contributed by atoms with Crippen molar-refractivity contribution in [1.82, 2.24) is 15.5 Å². The lowest BCUT2D eigenvalue weighted by Gasteiger charge is -2.14. The number of halogens is 1. The van der Waals surface area contributed by atoms with E-state index in [-0.39, 0.29) is 18.0 Å². The molecule has 0 bridgehead atoms. The van der Waals surface area contributed by atoms with Gasteiger partial charge in [-0.1, -0.05) is 30.3 Å². The van der Waals surface area contributed by atoms with Crippen molar-refractivity contribution in [2.75, 3.05) is 33.7 Å². The Hall–Kier alpha value is -2.93. The van der Waals surface area contributed by atoms with Crippen molar-refractivity contribution in [3.8, 4) is 0 Å². The predicted molar refractivity (Wildman–Crippen MR) is 114 cm³/mol. The largest absolute Gasteiger partial charge is 0.386 e. The first-order chi connectivity index (χ1) is 13.9. The first kappa shape index (κ1) is 22.4. The Bertz CT molecular complexity index is 839. The minimum absolute atomic E-state index is 0.0307. The first-order valence-electron chi connectivity index (χ1n) is 9.67. The van der Waals surface area contributed by atoms with Gasteiger partial charge in [-0.25, -0.2) is 4.39 Å². The van der Waals surface area contributed by atoms with Gasteiger partial charge in [-0.2, -0.15) is 0 Å². The SMILES string of the molecule is CCNC(=NCC(O)c1ccccc1F)NCCc1cccc(C(=O)N(C)C)c1. The van der Waals surface area contributed by atoms with E-state index in [2.05, 4.69) is 15.6 Å². The van der Waals surface area contributed by atoms with E-state index >= 15 is 0 Å². The average Bonchev–Trinajstić information content (AvgIpc) is 2.71. The highest BCUT2D eigenvalue weighted by molar-refractivity contribution is 5.94. The molecular formula is C22H29FN4O2. The van der Waals surface area contributed by atoms with Crippen LogP contribution >= 0.6 is 0 Å². The fraction of sp³-hybridized carbons (Fsp3) is 0.364. The molecule has 7 heteroatoms. The van der Waals surface area contributed by atoms with Gasteiger partial charge in [-0.05, 0) is 37.1 Å². The molecule has 0 aromatic heterocycles. The lowest BCUT2D eigenvalue weighted by molar-refractivity contribution is 0.0827. The highest BCUT2D eigenvalue weighted by Gasteiger charge is 2.12. The summed E-state index contributed by atoms with van der Waals surface area (Å²) in [6, 6.07) is 13.7. The maximum absolute atomic E-state index is 13.8. The molecule has 0 heterocycles. The first-order valence-corrected chi connectivity index (χ1v) is 9.67. The van der Waals surface area contributed by atoms with Gasteiger partial charge >= 0.3 is 0 Å². The molecule has 0 saturated heterocycles. The van der Waals surface area contributed by atoms with Crippen LogP contribution in [0.1, 0.15) is 34.5 Å². The van der Waals surface area contributed by atoms with Gasteiger partial charge in [-0.3, -0.25) is 9.79 Å². The lowest BCUT2D eigenvalue weighted by atomic mass is 10.1. The van der Waals surface area contributed by atoms with Crippen molar-refractivity contribution in [2.24, 2.45) is 4.99 Å². The van der Waals surface area contributed by atoms with E-state index in [0.717, 1.165) is 5.56 Å². The highest BCUT2D eigenvalue weighted by atomic mass is 19.1. The third-order valence-corrected chi connectivity index (χ3v) is 4.32. The molecule has 0 fully saturated rings. The van der Waals surface area contributed by atoms with E-state index in [4.69, 9.17) is 0 Å². The fourth-order valence-corrected chi connectivity index (χ4v) is 2.81. The second-order valence-corrected chi connectivity index (χ2v) is 6.83. The van der Waals surface area contributed by atoms with Gasteiger partial charge in [0, 0.05) is 38.3 Å². The Labute approximate surface area is 171 Å². The molecule has 0 spiro atoms. The number of hydrogen-bond acceptors (Lipinski definition) is 3. The van der Waals surface area contributed by atoms with Crippen molar-refractivity contribution in [1.29, 1.82) is 0 Å². The fourth-order valence-electron chi connectivity index (χ4n) is 2.81. The minimum Gasteiger partial charge on any atom is -0.386 e. The summed E-state index contributed by atoms with van der Waals surface area (Å²) in [7, 11) is 3.46. The Morgan fingerprint density at radius 2 is 1.93 bits per heavy atom.